The van der Waals surface area contributed by atoms with Gasteiger partial charge in [-0.15, -0.1) is 0 Å². The number of nitrogens with zero attached hydrogens (tertiary/aromatic N) is 6. The number of fused-ring (bicyclic) bond motifs is 2. The van der Waals surface area contributed by atoms with Crippen LogP contribution >= 0.6 is 11.6 Å². The maximum absolute atomic E-state index is 13.4. The van der Waals surface area contributed by atoms with Crippen molar-refractivity contribution >= 4 is 47.4 Å². The largest absolute Gasteiger partial charge is 0.489 e. The van der Waals surface area contributed by atoms with E-state index < -0.39 is 48.0 Å². The van der Waals surface area contributed by atoms with E-state index in [1.165, 1.54) is 51.8 Å². The van der Waals surface area contributed by atoms with E-state index in [9.17, 15) is 35.9 Å². The second-order valence-electron chi connectivity index (χ2n) is 11.8. The van der Waals surface area contributed by atoms with Crippen LogP contribution in [-0.2, 0) is 21.8 Å². The molecule has 2 aromatic carbocycles. The highest BCUT2D eigenvalue weighted by Gasteiger charge is 2.36. The van der Waals surface area contributed by atoms with E-state index in [-0.39, 0.29) is 29.3 Å². The van der Waals surface area contributed by atoms with Gasteiger partial charge in [0, 0.05) is 5.56 Å². The maximum Gasteiger partial charge on any atom is 0.489 e. The van der Waals surface area contributed by atoms with Crippen molar-refractivity contribution in [2.45, 2.75) is 53.9 Å². The number of aryl methyl sites for hydroxylation is 2. The third-order valence-corrected chi connectivity index (χ3v) is 8.68. The lowest BCUT2D eigenvalue weighted by Gasteiger charge is -2.15. The number of carbonyl (C=O) groups excluding carboxylic acids is 2. The summed E-state index contributed by atoms with van der Waals surface area (Å²) >= 11 is 5.99. The number of ether oxygens (including phenoxy) is 2. The highest BCUT2D eigenvalue weighted by Crippen LogP contribution is 2.38. The number of imidazole rings is 2. The smallest absolute Gasteiger partial charge is 0.461 e. The van der Waals surface area contributed by atoms with Crippen molar-refractivity contribution in [2.24, 2.45) is 0 Å². The molecule has 0 bridgehead atoms. The number of halogens is 7. The van der Waals surface area contributed by atoms with E-state index in [1.807, 2.05) is 13.8 Å². The third kappa shape index (κ3) is 9.29. The molecule has 4 heterocycles. The number of rotatable bonds is 6. The molecular weight excluding hydrogens is 773 g/mol. The van der Waals surface area contributed by atoms with E-state index in [2.05, 4.69) is 20.2 Å². The van der Waals surface area contributed by atoms with Gasteiger partial charge in [0.25, 0.3) is 0 Å². The quantitative estimate of drug-likeness (QED) is 0.105. The number of aromatic nitrogens is 6. The molecule has 0 unspecified atom stereocenters. The van der Waals surface area contributed by atoms with Gasteiger partial charge in [0.05, 0.1) is 42.4 Å². The zero-order valence-corrected chi connectivity index (χ0v) is 31.4. The topological polar surface area (TPSA) is 153 Å². The maximum atomic E-state index is 13.4. The molecule has 0 fully saturated rings. The fourth-order valence-corrected chi connectivity index (χ4v) is 5.49. The van der Waals surface area contributed by atoms with Crippen LogP contribution in [0.4, 0.5) is 26.3 Å². The van der Waals surface area contributed by atoms with Crippen LogP contribution < -0.4 is 5.46 Å². The first-order chi connectivity index (χ1) is 26.2. The summed E-state index contributed by atoms with van der Waals surface area (Å²) in [5.74, 6) is -1.09. The van der Waals surface area contributed by atoms with Gasteiger partial charge < -0.3 is 19.5 Å². The van der Waals surface area contributed by atoms with Crippen molar-refractivity contribution in [1.29, 1.82) is 0 Å². The van der Waals surface area contributed by atoms with Gasteiger partial charge in [0.2, 0.25) is 0 Å². The number of alkyl halides is 6. The molecule has 6 rings (SSSR count). The van der Waals surface area contributed by atoms with E-state index in [4.69, 9.17) is 31.1 Å². The minimum atomic E-state index is -4.56. The first kappa shape index (κ1) is 43.2. The van der Waals surface area contributed by atoms with E-state index in [0.29, 0.717) is 34.2 Å². The lowest BCUT2D eigenvalue weighted by atomic mass is 9.77. The van der Waals surface area contributed by atoms with Gasteiger partial charge in [-0.3, -0.25) is 0 Å². The molecule has 0 spiro atoms. The Hall–Kier alpha value is -5.53. The standard InChI is InChI=1S/C18H16F3N3O2.C11H12ClN3O2.C7H6BF3O2/c1-4-26-17(25)14-9-22-16-11(3)10(2)15(23-24(14)16)12-7-5-6-8-13(12)18(19,20)21;1-4-17-11(16)8-5-13-10-7(3)6(2)9(12)14-15(8)10;9-7(10,11)5-3-1-2-4-6(5)8(12)13/h5-9H,4H2,1-3H3;5H,4H2,1-3H3;1-4,12-13H. The van der Waals surface area contributed by atoms with Crippen LogP contribution in [0, 0.1) is 27.7 Å². The molecule has 0 saturated heterocycles. The number of hydrogen-bond acceptors (Lipinski definition) is 10. The van der Waals surface area contributed by atoms with Crippen molar-refractivity contribution in [3.05, 3.63) is 111 Å². The normalized spacial score (nSPS) is 11.4. The first-order valence-electron chi connectivity index (χ1n) is 16.6. The predicted octanol–water partition coefficient (Wildman–Crippen LogP) is 6.77. The van der Waals surface area contributed by atoms with E-state index in [1.54, 1.807) is 27.7 Å². The van der Waals surface area contributed by atoms with Gasteiger partial charge >= 0.3 is 31.4 Å². The summed E-state index contributed by atoms with van der Waals surface area (Å²) in [7, 11) is -2.10. The Labute approximate surface area is 320 Å². The molecule has 12 nitrogen and oxygen atoms in total. The molecule has 0 aliphatic heterocycles. The first-order valence-corrected chi connectivity index (χ1v) is 17.0. The molecule has 0 radical (unpaired) electrons. The number of benzene rings is 2. The highest BCUT2D eigenvalue weighted by molar-refractivity contribution is 6.59. The molecule has 20 heteroatoms. The van der Waals surface area contributed by atoms with Crippen LogP contribution in [0.1, 0.15) is 68.2 Å². The summed E-state index contributed by atoms with van der Waals surface area (Å²) in [6.07, 6.45) is -6.32. The molecule has 2 N–H and O–H groups in total. The van der Waals surface area contributed by atoms with E-state index in [0.717, 1.165) is 29.3 Å². The van der Waals surface area contributed by atoms with Crippen molar-refractivity contribution in [3.8, 4) is 11.3 Å². The Morgan fingerprint density at radius 3 is 1.61 bits per heavy atom. The summed E-state index contributed by atoms with van der Waals surface area (Å²) in [6.45, 7) is 11.1. The van der Waals surface area contributed by atoms with Crippen molar-refractivity contribution in [3.63, 3.8) is 0 Å². The number of carbonyl (C=O) groups is 2. The third-order valence-electron chi connectivity index (χ3n) is 8.33. The molecule has 0 aliphatic rings. The molecule has 0 saturated carbocycles. The van der Waals surface area contributed by atoms with Gasteiger partial charge in [-0.25, -0.2) is 28.6 Å². The molecule has 0 amide bonds. The summed E-state index contributed by atoms with van der Waals surface area (Å²) in [5.41, 5.74) is 2.10. The Balaban J connectivity index is 0.000000200. The second-order valence-corrected chi connectivity index (χ2v) is 12.2. The monoisotopic (exact) mass is 806 g/mol. The van der Waals surface area contributed by atoms with Crippen LogP contribution in [0.5, 0.6) is 0 Å². The molecule has 56 heavy (non-hydrogen) atoms. The molecule has 4 aromatic heterocycles. The van der Waals surface area contributed by atoms with E-state index >= 15 is 0 Å². The molecule has 6 aromatic rings. The summed E-state index contributed by atoms with van der Waals surface area (Å²) < 4.78 is 89.3. The second kappa shape index (κ2) is 17.5. The average molecular weight is 807 g/mol. The zero-order valence-electron chi connectivity index (χ0n) is 30.6. The van der Waals surface area contributed by atoms with Crippen molar-refractivity contribution in [2.75, 3.05) is 13.2 Å². The minimum absolute atomic E-state index is 0.0500. The molecule has 296 valence electrons. The van der Waals surface area contributed by atoms with Crippen molar-refractivity contribution < 1.29 is 55.5 Å². The van der Waals surface area contributed by atoms with Gasteiger partial charge in [-0.2, -0.15) is 36.5 Å². The summed E-state index contributed by atoms with van der Waals surface area (Å²) in [4.78, 5) is 32.1. The Kier molecular flexibility index (Phi) is 13.5. The number of esters is 2. The van der Waals surface area contributed by atoms with Crippen LogP contribution in [0.25, 0.3) is 22.6 Å². The van der Waals surface area contributed by atoms with Gasteiger partial charge in [-0.1, -0.05) is 54.1 Å². The van der Waals surface area contributed by atoms with Crippen LogP contribution in [0.15, 0.2) is 60.9 Å². The lowest BCUT2D eigenvalue weighted by molar-refractivity contribution is -0.137. The SMILES string of the molecule is CCOC(=O)c1cnc2c(C)c(C)c(-c3ccccc3C(F)(F)F)nn12.CCOC(=O)c1cnc2c(C)c(C)c(Cl)nn12.OB(O)c1ccccc1C(F)(F)F. The van der Waals surface area contributed by atoms with Crippen LogP contribution in [0.2, 0.25) is 5.15 Å². The van der Waals surface area contributed by atoms with Crippen LogP contribution in [-0.4, -0.2) is 71.5 Å². The minimum Gasteiger partial charge on any atom is -0.461 e. The van der Waals surface area contributed by atoms with Crippen molar-refractivity contribution in [1.82, 2.24) is 29.2 Å². The highest BCUT2D eigenvalue weighted by atomic mass is 35.5. The number of hydrogen-bond donors (Lipinski definition) is 2. The van der Waals surface area contributed by atoms with Gasteiger partial charge in [-0.05, 0) is 75.3 Å². The Morgan fingerprint density at radius 2 is 1.14 bits per heavy atom. The summed E-state index contributed by atoms with van der Waals surface area (Å²) in [6, 6.07) is 9.54. The average Bonchev–Trinajstić information content (AvgIpc) is 3.77. The van der Waals surface area contributed by atoms with Gasteiger partial charge in [0.1, 0.15) is 0 Å². The molecular formula is C36H34BClF6N6O6. The predicted molar refractivity (Wildman–Crippen MR) is 194 cm³/mol. The van der Waals surface area contributed by atoms with Crippen LogP contribution in [0.3, 0.4) is 0 Å². The van der Waals surface area contributed by atoms with Gasteiger partial charge in [0.15, 0.2) is 27.8 Å². The molecule has 0 aliphatic carbocycles. The fraction of sp³-hybridized carbons (Fsp3) is 0.278. The molecule has 0 atom stereocenters. The zero-order chi connectivity index (χ0) is 41.7. The lowest BCUT2D eigenvalue weighted by Crippen LogP contribution is -2.35. The summed E-state index contributed by atoms with van der Waals surface area (Å²) in [5, 5.41) is 26.0. The Bertz CT molecular complexity index is 2380. The Morgan fingerprint density at radius 1 is 0.696 bits per heavy atom. The fourth-order valence-electron chi connectivity index (χ4n) is 5.27.